The van der Waals surface area contributed by atoms with E-state index in [2.05, 4.69) is 15.2 Å². The largest absolute Gasteiger partial charge is 0.330 e. The van der Waals surface area contributed by atoms with Crippen LogP contribution >= 0.6 is 11.6 Å². The first-order valence-corrected chi connectivity index (χ1v) is 7.52. The first-order valence-electron chi connectivity index (χ1n) is 7.14. The van der Waals surface area contributed by atoms with E-state index >= 15 is 0 Å². The fraction of sp³-hybridized carbons (Fsp3) is 0.250. The van der Waals surface area contributed by atoms with E-state index in [-0.39, 0.29) is 16.4 Å². The van der Waals surface area contributed by atoms with E-state index < -0.39 is 11.6 Å². The van der Waals surface area contributed by atoms with Crippen molar-refractivity contribution in [3.05, 3.63) is 58.1 Å². The van der Waals surface area contributed by atoms with Gasteiger partial charge in [-0.2, -0.15) is 5.10 Å². The van der Waals surface area contributed by atoms with Crippen LogP contribution in [0.25, 0.3) is 11.4 Å². The summed E-state index contributed by atoms with van der Waals surface area (Å²) in [5.74, 6) is -1.26. The van der Waals surface area contributed by atoms with Crippen molar-refractivity contribution in [2.24, 2.45) is 0 Å². The molecule has 0 bridgehead atoms. The summed E-state index contributed by atoms with van der Waals surface area (Å²) in [7, 11) is 0. The van der Waals surface area contributed by atoms with E-state index in [1.807, 2.05) is 13.8 Å². The van der Waals surface area contributed by atoms with Gasteiger partial charge in [-0.05, 0) is 38.0 Å². The van der Waals surface area contributed by atoms with Crippen LogP contribution in [0, 0.1) is 25.5 Å². The predicted molar refractivity (Wildman–Crippen MR) is 84.4 cm³/mol. The normalized spacial score (nSPS) is 11.2. The van der Waals surface area contributed by atoms with Gasteiger partial charge in [-0.3, -0.25) is 5.10 Å². The standard InChI is InChI=1S/C16H15ClF2N4/c1-9-11(10(2)22-21-9)5-7-23-8-6-20-16(23)14-13(18)4-3-12(17)15(14)19/h3-4,6,8H,5,7H2,1-2H3,(H,21,22). The highest BCUT2D eigenvalue weighted by Gasteiger charge is 2.19. The Hall–Kier alpha value is -2.21. The molecule has 7 heteroatoms. The second-order valence-corrected chi connectivity index (χ2v) is 5.73. The molecule has 2 aromatic heterocycles. The van der Waals surface area contributed by atoms with Gasteiger partial charge in [0, 0.05) is 24.6 Å². The zero-order chi connectivity index (χ0) is 16.6. The number of hydrogen-bond acceptors (Lipinski definition) is 2. The molecule has 0 saturated carbocycles. The number of aromatic amines is 1. The lowest BCUT2D eigenvalue weighted by atomic mass is 10.1. The lowest BCUT2D eigenvalue weighted by molar-refractivity contribution is 0.583. The Balaban J connectivity index is 1.93. The Morgan fingerprint density at radius 2 is 2.04 bits per heavy atom. The number of halogens is 3. The second-order valence-electron chi connectivity index (χ2n) is 5.33. The molecule has 0 radical (unpaired) electrons. The quantitative estimate of drug-likeness (QED) is 0.730. The molecule has 0 saturated heterocycles. The van der Waals surface area contributed by atoms with Gasteiger partial charge in [0.15, 0.2) is 5.82 Å². The summed E-state index contributed by atoms with van der Waals surface area (Å²) in [6, 6.07) is 2.34. The van der Waals surface area contributed by atoms with Crippen molar-refractivity contribution in [3.63, 3.8) is 0 Å². The molecule has 0 aliphatic carbocycles. The van der Waals surface area contributed by atoms with Gasteiger partial charge in [0.1, 0.15) is 11.6 Å². The van der Waals surface area contributed by atoms with Crippen LogP contribution in [-0.2, 0) is 13.0 Å². The number of benzene rings is 1. The van der Waals surface area contributed by atoms with Gasteiger partial charge in [-0.15, -0.1) is 0 Å². The fourth-order valence-corrected chi connectivity index (χ4v) is 2.78. The minimum Gasteiger partial charge on any atom is -0.330 e. The van der Waals surface area contributed by atoms with E-state index in [9.17, 15) is 8.78 Å². The molecule has 1 aromatic carbocycles. The number of aryl methyl sites for hydroxylation is 3. The summed E-state index contributed by atoms with van der Waals surface area (Å²) in [6.07, 6.45) is 3.89. The molecule has 3 aromatic rings. The third kappa shape index (κ3) is 2.86. The fourth-order valence-electron chi connectivity index (χ4n) is 2.62. The molecule has 0 fully saturated rings. The van der Waals surface area contributed by atoms with Crippen LogP contribution in [0.2, 0.25) is 5.02 Å². The van der Waals surface area contributed by atoms with E-state index in [4.69, 9.17) is 11.6 Å². The van der Waals surface area contributed by atoms with E-state index in [1.54, 1.807) is 10.8 Å². The van der Waals surface area contributed by atoms with Crippen molar-refractivity contribution in [2.45, 2.75) is 26.8 Å². The molecular weight excluding hydrogens is 322 g/mol. The number of aromatic nitrogens is 4. The summed E-state index contributed by atoms with van der Waals surface area (Å²) in [6.45, 7) is 4.40. The number of hydrogen-bond donors (Lipinski definition) is 1. The first kappa shape index (κ1) is 15.7. The summed E-state index contributed by atoms with van der Waals surface area (Å²) < 4.78 is 30.0. The molecule has 1 N–H and O–H groups in total. The van der Waals surface area contributed by atoms with Crippen LogP contribution in [0.15, 0.2) is 24.5 Å². The van der Waals surface area contributed by atoms with Gasteiger partial charge in [0.05, 0.1) is 16.3 Å². The van der Waals surface area contributed by atoms with Crippen LogP contribution in [-0.4, -0.2) is 19.7 Å². The molecule has 120 valence electrons. The molecule has 0 atom stereocenters. The molecule has 0 aliphatic rings. The molecule has 3 rings (SSSR count). The molecule has 2 heterocycles. The predicted octanol–water partition coefficient (Wildman–Crippen LogP) is 4.06. The lowest BCUT2D eigenvalue weighted by Crippen LogP contribution is -2.06. The Morgan fingerprint density at radius 1 is 1.26 bits per heavy atom. The third-order valence-electron chi connectivity index (χ3n) is 3.87. The van der Waals surface area contributed by atoms with Crippen molar-refractivity contribution in [1.82, 2.24) is 19.7 Å². The van der Waals surface area contributed by atoms with E-state index in [1.165, 1.54) is 12.3 Å². The van der Waals surface area contributed by atoms with Crippen molar-refractivity contribution in [2.75, 3.05) is 0 Å². The van der Waals surface area contributed by atoms with Gasteiger partial charge in [0.2, 0.25) is 0 Å². The molecule has 23 heavy (non-hydrogen) atoms. The maximum atomic E-state index is 14.2. The molecular formula is C16H15ClF2N4. The smallest absolute Gasteiger partial charge is 0.155 e. The van der Waals surface area contributed by atoms with Gasteiger partial charge in [-0.1, -0.05) is 11.6 Å². The SMILES string of the molecule is Cc1n[nH]c(C)c1CCn1ccnc1-c1c(F)ccc(Cl)c1F. The minimum atomic E-state index is -0.796. The van der Waals surface area contributed by atoms with Crippen molar-refractivity contribution >= 4 is 11.6 Å². The Morgan fingerprint density at radius 3 is 2.74 bits per heavy atom. The number of rotatable bonds is 4. The average molecular weight is 337 g/mol. The van der Waals surface area contributed by atoms with Crippen molar-refractivity contribution < 1.29 is 8.78 Å². The Bertz CT molecular complexity index is 834. The number of nitrogens with one attached hydrogen (secondary N) is 1. The zero-order valence-electron chi connectivity index (χ0n) is 12.7. The lowest BCUT2D eigenvalue weighted by Gasteiger charge is -2.10. The van der Waals surface area contributed by atoms with E-state index in [0.29, 0.717) is 13.0 Å². The Kier molecular flexibility index (Phi) is 4.17. The number of nitrogens with zero attached hydrogens (tertiary/aromatic N) is 3. The van der Waals surface area contributed by atoms with Gasteiger partial charge < -0.3 is 4.57 Å². The van der Waals surface area contributed by atoms with Crippen LogP contribution in [0.1, 0.15) is 17.0 Å². The number of imidazole rings is 1. The molecule has 4 nitrogen and oxygen atoms in total. The summed E-state index contributed by atoms with van der Waals surface area (Å²) >= 11 is 5.76. The second kappa shape index (κ2) is 6.12. The highest BCUT2D eigenvalue weighted by Crippen LogP contribution is 2.29. The van der Waals surface area contributed by atoms with E-state index in [0.717, 1.165) is 23.0 Å². The topological polar surface area (TPSA) is 46.5 Å². The van der Waals surface area contributed by atoms with Crippen LogP contribution in [0.5, 0.6) is 0 Å². The van der Waals surface area contributed by atoms with Gasteiger partial charge >= 0.3 is 0 Å². The summed E-state index contributed by atoms with van der Waals surface area (Å²) in [5, 5.41) is 6.95. The first-order chi connectivity index (χ1) is 11.0. The molecule has 0 aliphatic heterocycles. The monoisotopic (exact) mass is 336 g/mol. The van der Waals surface area contributed by atoms with Crippen molar-refractivity contribution in [1.29, 1.82) is 0 Å². The molecule has 0 spiro atoms. The maximum Gasteiger partial charge on any atom is 0.155 e. The van der Waals surface area contributed by atoms with Gasteiger partial charge in [-0.25, -0.2) is 13.8 Å². The van der Waals surface area contributed by atoms with Gasteiger partial charge in [0.25, 0.3) is 0 Å². The zero-order valence-corrected chi connectivity index (χ0v) is 13.5. The van der Waals surface area contributed by atoms with Crippen LogP contribution in [0.4, 0.5) is 8.78 Å². The summed E-state index contributed by atoms with van der Waals surface area (Å²) in [4.78, 5) is 4.09. The number of H-pyrrole nitrogens is 1. The average Bonchev–Trinajstić information content (AvgIpc) is 3.09. The molecule has 0 unspecified atom stereocenters. The highest BCUT2D eigenvalue weighted by molar-refractivity contribution is 6.31. The summed E-state index contributed by atoms with van der Waals surface area (Å²) in [5.41, 5.74) is 2.80. The Labute approximate surface area is 137 Å². The van der Waals surface area contributed by atoms with Crippen LogP contribution in [0.3, 0.4) is 0 Å². The third-order valence-corrected chi connectivity index (χ3v) is 4.16. The minimum absolute atomic E-state index is 0.127. The highest BCUT2D eigenvalue weighted by atomic mass is 35.5. The van der Waals surface area contributed by atoms with Crippen molar-refractivity contribution in [3.8, 4) is 11.4 Å². The van der Waals surface area contributed by atoms with Crippen LogP contribution < -0.4 is 0 Å². The maximum absolute atomic E-state index is 14.2. The molecule has 0 amide bonds.